The number of benzene rings is 3. The third-order valence-corrected chi connectivity index (χ3v) is 3.08. The molecule has 0 fully saturated rings. The Hall–Kier alpha value is -2.62. The van der Waals surface area contributed by atoms with Crippen LogP contribution in [0.3, 0.4) is 0 Å². The van der Waals surface area contributed by atoms with E-state index in [1.807, 2.05) is 0 Å². The van der Waals surface area contributed by atoms with Crippen molar-refractivity contribution in [2.45, 2.75) is 0 Å². The minimum absolute atomic E-state index is 0.101. The van der Waals surface area contributed by atoms with Crippen LogP contribution in [0.5, 0.6) is 11.5 Å². The summed E-state index contributed by atoms with van der Waals surface area (Å²) in [6.45, 7) is 0. The number of aromatic hydroxyl groups is 2. The van der Waals surface area contributed by atoms with Crippen molar-refractivity contribution in [3.05, 3.63) is 42.5 Å². The van der Waals surface area contributed by atoms with Crippen molar-refractivity contribution < 1.29 is 10.2 Å². The smallest absolute Gasteiger partial charge is 0.131 e. The number of rotatable bonds is 1. The topological polar surface area (TPSA) is 76.7 Å². The van der Waals surface area contributed by atoms with Crippen molar-refractivity contribution in [2.75, 3.05) is 0 Å². The molecule has 3 rings (SSSR count). The molecule has 4 heteroatoms. The summed E-state index contributed by atoms with van der Waals surface area (Å²) in [6.07, 6.45) is 0. The monoisotopic (exact) mass is 238 g/mol. The summed E-state index contributed by atoms with van der Waals surface area (Å²) < 4.78 is 0. The second-order valence-electron chi connectivity index (χ2n) is 4.08. The fraction of sp³-hybridized carbons (Fsp3) is 0. The second-order valence-corrected chi connectivity index (χ2v) is 4.08. The van der Waals surface area contributed by atoms with Crippen molar-refractivity contribution >= 4 is 27.2 Å². The molecule has 0 bridgehead atoms. The first-order valence-electron chi connectivity index (χ1n) is 5.46. The highest BCUT2D eigenvalue weighted by Gasteiger charge is 2.12. The van der Waals surface area contributed by atoms with Gasteiger partial charge in [0.2, 0.25) is 0 Å². The SMILES string of the molecule is N=Nc1ccc2c(O)c3ccccc3c(O)c2c1. The first-order valence-corrected chi connectivity index (χ1v) is 5.46. The molecular weight excluding hydrogens is 228 g/mol. The lowest BCUT2D eigenvalue weighted by molar-refractivity contribution is 0.478. The third-order valence-electron chi connectivity index (χ3n) is 3.08. The van der Waals surface area contributed by atoms with Gasteiger partial charge in [0, 0.05) is 21.5 Å². The minimum atomic E-state index is 0.101. The number of phenolic OH excluding ortho intramolecular Hbond substituents is 2. The van der Waals surface area contributed by atoms with Crippen LogP contribution in [0.2, 0.25) is 0 Å². The van der Waals surface area contributed by atoms with Crippen molar-refractivity contribution in [2.24, 2.45) is 5.11 Å². The van der Waals surface area contributed by atoms with E-state index in [2.05, 4.69) is 5.11 Å². The Balaban J connectivity index is 2.58. The van der Waals surface area contributed by atoms with Gasteiger partial charge in [0.05, 0.1) is 5.69 Å². The van der Waals surface area contributed by atoms with Gasteiger partial charge in [-0.2, -0.15) is 5.11 Å². The van der Waals surface area contributed by atoms with E-state index in [4.69, 9.17) is 5.53 Å². The summed E-state index contributed by atoms with van der Waals surface area (Å²) in [7, 11) is 0. The molecule has 0 saturated heterocycles. The summed E-state index contributed by atoms with van der Waals surface area (Å²) in [4.78, 5) is 0. The highest BCUT2D eigenvalue weighted by atomic mass is 16.3. The highest BCUT2D eigenvalue weighted by molar-refractivity contribution is 6.11. The average Bonchev–Trinajstić information content (AvgIpc) is 2.44. The first kappa shape index (κ1) is 10.5. The number of hydrogen-bond donors (Lipinski definition) is 3. The zero-order valence-electron chi connectivity index (χ0n) is 9.38. The number of phenols is 2. The van der Waals surface area contributed by atoms with Crippen LogP contribution in [0.15, 0.2) is 47.6 Å². The zero-order chi connectivity index (χ0) is 12.7. The number of nitrogens with one attached hydrogen (secondary N) is 1. The number of nitrogens with zero attached hydrogens (tertiary/aromatic N) is 1. The molecule has 3 aromatic carbocycles. The summed E-state index contributed by atoms with van der Waals surface area (Å²) in [6, 6.07) is 12.0. The molecule has 0 aliphatic carbocycles. The van der Waals surface area contributed by atoms with Crippen molar-refractivity contribution in [1.82, 2.24) is 0 Å². The second kappa shape index (κ2) is 3.70. The molecule has 88 valence electrons. The van der Waals surface area contributed by atoms with Crippen molar-refractivity contribution in [1.29, 1.82) is 5.53 Å². The molecule has 0 saturated carbocycles. The van der Waals surface area contributed by atoms with Crippen LogP contribution >= 0.6 is 0 Å². The van der Waals surface area contributed by atoms with E-state index in [0.717, 1.165) is 0 Å². The lowest BCUT2D eigenvalue weighted by Gasteiger charge is -2.09. The molecule has 3 N–H and O–H groups in total. The van der Waals surface area contributed by atoms with E-state index < -0.39 is 0 Å². The van der Waals surface area contributed by atoms with E-state index in [1.165, 1.54) is 0 Å². The Kier molecular flexibility index (Phi) is 2.16. The molecule has 0 spiro atoms. The van der Waals surface area contributed by atoms with Gasteiger partial charge in [-0.15, -0.1) is 0 Å². The maximum atomic E-state index is 10.2. The fourth-order valence-electron chi connectivity index (χ4n) is 2.19. The van der Waals surface area contributed by atoms with Gasteiger partial charge in [0.15, 0.2) is 0 Å². The molecule has 0 unspecified atom stereocenters. The Morgan fingerprint density at radius 3 is 1.94 bits per heavy atom. The summed E-state index contributed by atoms with van der Waals surface area (Å²) in [5.41, 5.74) is 7.42. The maximum absolute atomic E-state index is 10.2. The molecule has 3 aromatic rings. The van der Waals surface area contributed by atoms with Crippen molar-refractivity contribution in [3.8, 4) is 11.5 Å². The van der Waals surface area contributed by atoms with Gasteiger partial charge < -0.3 is 10.2 Å². The maximum Gasteiger partial charge on any atom is 0.131 e. The van der Waals surface area contributed by atoms with Crippen LogP contribution < -0.4 is 0 Å². The molecule has 0 aliphatic heterocycles. The van der Waals surface area contributed by atoms with E-state index in [9.17, 15) is 10.2 Å². The number of fused-ring (bicyclic) bond motifs is 2. The van der Waals surface area contributed by atoms with E-state index >= 15 is 0 Å². The van der Waals surface area contributed by atoms with E-state index in [1.54, 1.807) is 42.5 Å². The summed E-state index contributed by atoms with van der Waals surface area (Å²) >= 11 is 0. The van der Waals surface area contributed by atoms with Crippen molar-refractivity contribution in [3.63, 3.8) is 0 Å². The van der Waals surface area contributed by atoms with Gasteiger partial charge in [-0.05, 0) is 18.2 Å². The fourth-order valence-corrected chi connectivity index (χ4v) is 2.19. The van der Waals surface area contributed by atoms with Crippen LogP contribution in [-0.2, 0) is 0 Å². The van der Waals surface area contributed by atoms with Crippen LogP contribution in [0, 0.1) is 5.53 Å². The third kappa shape index (κ3) is 1.32. The van der Waals surface area contributed by atoms with E-state index in [-0.39, 0.29) is 11.5 Å². The normalized spacial score (nSPS) is 10.9. The summed E-state index contributed by atoms with van der Waals surface area (Å²) in [5, 5.41) is 26.0. The Labute approximate surface area is 103 Å². The van der Waals surface area contributed by atoms with Gasteiger partial charge in [-0.1, -0.05) is 24.3 Å². The molecule has 0 amide bonds. The molecule has 0 atom stereocenters. The number of hydrogen-bond acceptors (Lipinski definition) is 4. The van der Waals surface area contributed by atoms with Gasteiger partial charge in [0.1, 0.15) is 11.5 Å². The molecule has 0 heterocycles. The van der Waals surface area contributed by atoms with E-state index in [0.29, 0.717) is 27.2 Å². The highest BCUT2D eigenvalue weighted by Crippen LogP contribution is 2.42. The lowest BCUT2D eigenvalue weighted by atomic mass is 10.0. The van der Waals surface area contributed by atoms with Crippen LogP contribution in [-0.4, -0.2) is 10.2 Å². The molecule has 18 heavy (non-hydrogen) atoms. The quantitative estimate of drug-likeness (QED) is 0.339. The van der Waals surface area contributed by atoms with Gasteiger partial charge in [-0.25, -0.2) is 5.53 Å². The van der Waals surface area contributed by atoms with Crippen LogP contribution in [0.1, 0.15) is 0 Å². The predicted octanol–water partition coefficient (Wildman–Crippen LogP) is 4.07. The minimum Gasteiger partial charge on any atom is -0.507 e. The summed E-state index contributed by atoms with van der Waals surface area (Å²) in [5.74, 6) is 0.235. The van der Waals surface area contributed by atoms with Crippen LogP contribution in [0.25, 0.3) is 21.5 Å². The first-order chi connectivity index (χ1) is 8.72. The standard InChI is InChI=1S/C14H10N2O2/c15-16-8-5-6-11-12(7-8)14(18)10-4-2-1-3-9(10)13(11)17/h1-7,15,17-18H. The molecule has 4 nitrogen and oxygen atoms in total. The molecule has 0 radical (unpaired) electrons. The Morgan fingerprint density at radius 2 is 1.33 bits per heavy atom. The zero-order valence-corrected chi connectivity index (χ0v) is 9.38. The van der Waals surface area contributed by atoms with Crippen LogP contribution in [0.4, 0.5) is 5.69 Å². The Bertz CT molecular complexity index is 781. The largest absolute Gasteiger partial charge is 0.507 e. The molecule has 0 aliphatic rings. The Morgan fingerprint density at radius 1 is 0.778 bits per heavy atom. The average molecular weight is 238 g/mol. The lowest BCUT2D eigenvalue weighted by Crippen LogP contribution is -1.81. The molecule has 0 aromatic heterocycles. The van der Waals surface area contributed by atoms with Gasteiger partial charge in [-0.3, -0.25) is 0 Å². The van der Waals surface area contributed by atoms with Gasteiger partial charge in [0.25, 0.3) is 0 Å². The predicted molar refractivity (Wildman–Crippen MR) is 69.6 cm³/mol. The van der Waals surface area contributed by atoms with Gasteiger partial charge >= 0.3 is 0 Å². The molecular formula is C14H10N2O2.